The second-order valence-corrected chi connectivity index (χ2v) is 7.08. The summed E-state index contributed by atoms with van der Waals surface area (Å²) in [6, 6.07) is 12.2. The minimum Gasteiger partial charge on any atom is -0.478 e. The number of carboxylic acids is 1. The number of hydrogen-bond donors (Lipinski definition) is 3. The molecule has 0 aromatic heterocycles. The number of rotatable bonds is 7. The van der Waals surface area contributed by atoms with E-state index in [-0.39, 0.29) is 29.1 Å². The van der Waals surface area contributed by atoms with E-state index >= 15 is 0 Å². The van der Waals surface area contributed by atoms with E-state index < -0.39 is 21.9 Å². The summed E-state index contributed by atoms with van der Waals surface area (Å²) in [5.74, 6) is -1.78. The van der Waals surface area contributed by atoms with Crippen LogP contribution in [0.15, 0.2) is 53.4 Å². The molecule has 3 N–H and O–H groups in total. The monoisotopic (exact) mass is 362 g/mol. The van der Waals surface area contributed by atoms with Crippen LogP contribution < -0.4 is 10.0 Å². The normalized spacial score (nSPS) is 11.1. The first kappa shape index (κ1) is 18.6. The van der Waals surface area contributed by atoms with Crippen LogP contribution in [0.1, 0.15) is 26.3 Å². The number of amides is 1. The van der Waals surface area contributed by atoms with Crippen LogP contribution in [0.5, 0.6) is 0 Å². The van der Waals surface area contributed by atoms with E-state index in [1.54, 1.807) is 18.2 Å². The second kappa shape index (κ2) is 7.91. The molecule has 0 saturated carbocycles. The minimum absolute atomic E-state index is 0.0167. The average molecular weight is 362 g/mol. The first-order valence-corrected chi connectivity index (χ1v) is 8.96. The number of benzene rings is 2. The van der Waals surface area contributed by atoms with Crippen molar-refractivity contribution in [3.8, 4) is 0 Å². The van der Waals surface area contributed by atoms with Crippen molar-refractivity contribution in [2.75, 3.05) is 13.1 Å². The van der Waals surface area contributed by atoms with Gasteiger partial charge in [-0.1, -0.05) is 29.8 Å². The first-order chi connectivity index (χ1) is 11.8. The molecular formula is C17H18N2O5S. The fourth-order valence-electron chi connectivity index (χ4n) is 2.13. The van der Waals surface area contributed by atoms with E-state index in [0.717, 1.165) is 5.56 Å². The number of carboxylic acid groups (broad SMARTS) is 1. The number of nitrogens with one attached hydrogen (secondary N) is 2. The Morgan fingerprint density at radius 2 is 1.56 bits per heavy atom. The smallest absolute Gasteiger partial charge is 0.336 e. The van der Waals surface area contributed by atoms with Gasteiger partial charge in [0.2, 0.25) is 10.0 Å². The van der Waals surface area contributed by atoms with Crippen molar-refractivity contribution in [3.63, 3.8) is 0 Å². The quantitative estimate of drug-likeness (QED) is 0.645. The Morgan fingerprint density at radius 3 is 2.16 bits per heavy atom. The summed E-state index contributed by atoms with van der Waals surface area (Å²) >= 11 is 0. The highest BCUT2D eigenvalue weighted by molar-refractivity contribution is 7.89. The van der Waals surface area contributed by atoms with Crippen molar-refractivity contribution in [2.45, 2.75) is 11.8 Å². The standard InChI is InChI=1S/C17H18N2O5S/c1-12-6-8-13(9-7-12)25(23,24)19-11-10-18-16(20)14-4-2-3-5-15(14)17(21)22/h2-9,19H,10-11H2,1H3,(H,18,20)(H,21,22). The zero-order chi connectivity index (χ0) is 18.4. The van der Waals surface area contributed by atoms with E-state index in [4.69, 9.17) is 5.11 Å². The number of hydrogen-bond acceptors (Lipinski definition) is 4. The number of aryl methyl sites for hydroxylation is 1. The van der Waals surface area contributed by atoms with Gasteiger partial charge in [-0.2, -0.15) is 0 Å². The van der Waals surface area contributed by atoms with Gasteiger partial charge in [-0.25, -0.2) is 17.9 Å². The molecule has 0 aliphatic heterocycles. The van der Waals surface area contributed by atoms with Gasteiger partial charge >= 0.3 is 5.97 Å². The number of carbonyl (C=O) groups is 2. The van der Waals surface area contributed by atoms with E-state index in [0.29, 0.717) is 0 Å². The molecule has 1 amide bonds. The number of carbonyl (C=O) groups excluding carboxylic acids is 1. The molecule has 2 rings (SSSR count). The van der Waals surface area contributed by atoms with Crippen molar-refractivity contribution >= 4 is 21.9 Å². The van der Waals surface area contributed by atoms with Gasteiger partial charge in [-0.05, 0) is 31.2 Å². The fraction of sp³-hybridized carbons (Fsp3) is 0.176. The molecule has 0 bridgehead atoms. The van der Waals surface area contributed by atoms with Gasteiger partial charge in [0.15, 0.2) is 0 Å². The third kappa shape index (κ3) is 4.88. The van der Waals surface area contributed by atoms with Crippen LogP contribution in [0, 0.1) is 6.92 Å². The van der Waals surface area contributed by atoms with Crippen LogP contribution in [-0.4, -0.2) is 38.5 Å². The topological polar surface area (TPSA) is 113 Å². The van der Waals surface area contributed by atoms with Gasteiger partial charge in [-0.3, -0.25) is 4.79 Å². The highest BCUT2D eigenvalue weighted by Crippen LogP contribution is 2.10. The highest BCUT2D eigenvalue weighted by Gasteiger charge is 2.16. The predicted octanol–water partition coefficient (Wildman–Crippen LogP) is 1.40. The third-order valence-electron chi connectivity index (χ3n) is 3.44. The summed E-state index contributed by atoms with van der Waals surface area (Å²) in [6.07, 6.45) is 0. The van der Waals surface area contributed by atoms with Gasteiger partial charge in [-0.15, -0.1) is 0 Å². The summed E-state index contributed by atoms with van der Waals surface area (Å²) in [5.41, 5.74) is 0.861. The Hall–Kier alpha value is -2.71. The molecule has 0 fully saturated rings. The lowest BCUT2D eigenvalue weighted by Crippen LogP contribution is -2.35. The van der Waals surface area contributed by atoms with Crippen molar-refractivity contribution < 1.29 is 23.1 Å². The Kier molecular flexibility index (Phi) is 5.89. The van der Waals surface area contributed by atoms with Crippen LogP contribution in [-0.2, 0) is 10.0 Å². The molecular weight excluding hydrogens is 344 g/mol. The molecule has 0 heterocycles. The second-order valence-electron chi connectivity index (χ2n) is 5.32. The summed E-state index contributed by atoms with van der Waals surface area (Å²) in [6.45, 7) is 1.86. The summed E-state index contributed by atoms with van der Waals surface area (Å²) in [5, 5.41) is 11.6. The van der Waals surface area contributed by atoms with E-state index in [2.05, 4.69) is 10.0 Å². The summed E-state index contributed by atoms with van der Waals surface area (Å²) < 4.78 is 26.6. The maximum atomic E-state index is 12.1. The van der Waals surface area contributed by atoms with Crippen LogP contribution in [0.3, 0.4) is 0 Å². The van der Waals surface area contributed by atoms with Crippen LogP contribution in [0.25, 0.3) is 0 Å². The van der Waals surface area contributed by atoms with Gasteiger partial charge < -0.3 is 10.4 Å². The third-order valence-corrected chi connectivity index (χ3v) is 4.91. The van der Waals surface area contributed by atoms with E-state index in [1.807, 2.05) is 6.92 Å². The zero-order valence-corrected chi connectivity index (χ0v) is 14.3. The van der Waals surface area contributed by atoms with Crippen LogP contribution in [0.2, 0.25) is 0 Å². The van der Waals surface area contributed by atoms with Gasteiger partial charge in [0.05, 0.1) is 16.0 Å². The number of aromatic carboxylic acids is 1. The van der Waals surface area contributed by atoms with Crippen molar-refractivity contribution in [1.82, 2.24) is 10.0 Å². The first-order valence-electron chi connectivity index (χ1n) is 7.48. The Labute approximate surface area is 145 Å². The molecule has 0 unspecified atom stereocenters. The molecule has 25 heavy (non-hydrogen) atoms. The molecule has 8 heteroatoms. The van der Waals surface area contributed by atoms with E-state index in [1.165, 1.54) is 30.3 Å². The highest BCUT2D eigenvalue weighted by atomic mass is 32.2. The van der Waals surface area contributed by atoms with Crippen LogP contribution in [0.4, 0.5) is 0 Å². The van der Waals surface area contributed by atoms with Crippen molar-refractivity contribution in [2.24, 2.45) is 0 Å². The lowest BCUT2D eigenvalue weighted by molar-refractivity contribution is 0.0691. The lowest BCUT2D eigenvalue weighted by Gasteiger charge is -2.09. The molecule has 7 nitrogen and oxygen atoms in total. The predicted molar refractivity (Wildman–Crippen MR) is 92.1 cm³/mol. The van der Waals surface area contributed by atoms with Crippen molar-refractivity contribution in [3.05, 3.63) is 65.2 Å². The Balaban J connectivity index is 1.92. The Morgan fingerprint density at radius 1 is 0.960 bits per heavy atom. The zero-order valence-electron chi connectivity index (χ0n) is 13.5. The molecule has 0 saturated heterocycles. The molecule has 0 atom stereocenters. The van der Waals surface area contributed by atoms with Gasteiger partial charge in [0, 0.05) is 13.1 Å². The summed E-state index contributed by atoms with van der Waals surface area (Å²) in [4.78, 5) is 23.3. The maximum Gasteiger partial charge on any atom is 0.336 e. The minimum atomic E-state index is -3.66. The summed E-state index contributed by atoms with van der Waals surface area (Å²) in [7, 11) is -3.66. The average Bonchev–Trinajstić information content (AvgIpc) is 2.59. The van der Waals surface area contributed by atoms with Gasteiger partial charge in [0.25, 0.3) is 5.91 Å². The molecule has 2 aromatic rings. The maximum absolute atomic E-state index is 12.1. The SMILES string of the molecule is Cc1ccc(S(=O)(=O)NCCNC(=O)c2ccccc2C(=O)O)cc1. The largest absolute Gasteiger partial charge is 0.478 e. The fourth-order valence-corrected chi connectivity index (χ4v) is 3.16. The molecule has 132 valence electrons. The molecule has 0 aliphatic rings. The molecule has 0 spiro atoms. The van der Waals surface area contributed by atoms with Crippen LogP contribution >= 0.6 is 0 Å². The van der Waals surface area contributed by atoms with Gasteiger partial charge in [0.1, 0.15) is 0 Å². The number of sulfonamides is 1. The Bertz CT molecular complexity index is 876. The molecule has 2 aromatic carbocycles. The lowest BCUT2D eigenvalue weighted by atomic mass is 10.1. The molecule has 0 aliphatic carbocycles. The van der Waals surface area contributed by atoms with Crippen molar-refractivity contribution in [1.29, 1.82) is 0 Å². The van der Waals surface area contributed by atoms with E-state index in [9.17, 15) is 18.0 Å². The molecule has 0 radical (unpaired) electrons.